The van der Waals surface area contributed by atoms with Crippen LogP contribution < -0.4 is 0 Å². The van der Waals surface area contributed by atoms with Crippen LogP contribution >= 0.6 is 0 Å². The predicted octanol–water partition coefficient (Wildman–Crippen LogP) is 1.82. The molecule has 0 spiro atoms. The molecule has 15 heavy (non-hydrogen) atoms. The summed E-state index contributed by atoms with van der Waals surface area (Å²) in [6.45, 7) is 2.57. The van der Waals surface area contributed by atoms with Gasteiger partial charge < -0.3 is 9.47 Å². The minimum atomic E-state index is -0.0382. The summed E-state index contributed by atoms with van der Waals surface area (Å²) < 4.78 is 9.49. The third-order valence-corrected chi connectivity index (χ3v) is 2.36. The molecule has 0 aliphatic carbocycles. The van der Waals surface area contributed by atoms with E-state index in [9.17, 15) is 9.59 Å². The topological polar surface area (TPSA) is 52.6 Å². The number of ether oxygens (including phenoxy) is 2. The zero-order chi connectivity index (χ0) is 11.1. The van der Waals surface area contributed by atoms with Crippen LogP contribution in [0.25, 0.3) is 0 Å². The Morgan fingerprint density at radius 2 is 1.80 bits per heavy atom. The molecule has 0 N–H and O–H groups in total. The standard InChI is InChI=1S/C6H10O2.C5H8O2/c1-5-3-2-4-6(7)8-5;6-5-3-1-2-4-7-5/h5H,2-4H2,1H3;1-4H2. The first-order valence-corrected chi connectivity index (χ1v) is 5.53. The van der Waals surface area contributed by atoms with Gasteiger partial charge in [-0.25, -0.2) is 0 Å². The highest BCUT2D eigenvalue weighted by molar-refractivity contribution is 5.70. The highest BCUT2D eigenvalue weighted by Crippen LogP contribution is 2.12. The Labute approximate surface area is 89.9 Å². The van der Waals surface area contributed by atoms with Crippen LogP contribution in [-0.4, -0.2) is 24.6 Å². The van der Waals surface area contributed by atoms with Crippen LogP contribution in [-0.2, 0) is 19.1 Å². The monoisotopic (exact) mass is 214 g/mol. The molecular formula is C11H18O4. The second-order valence-corrected chi connectivity index (χ2v) is 3.87. The average Bonchev–Trinajstić information content (AvgIpc) is 2.19. The molecule has 0 aromatic heterocycles. The van der Waals surface area contributed by atoms with Gasteiger partial charge in [0.05, 0.1) is 12.7 Å². The summed E-state index contributed by atoms with van der Waals surface area (Å²) in [6.07, 6.45) is 5.50. The SMILES string of the molecule is CC1CCCC(=O)O1.O=C1CCCCO1. The molecule has 2 heterocycles. The smallest absolute Gasteiger partial charge is 0.306 e. The maximum atomic E-state index is 10.5. The van der Waals surface area contributed by atoms with Gasteiger partial charge in [0.15, 0.2) is 0 Å². The zero-order valence-corrected chi connectivity index (χ0v) is 9.16. The van der Waals surface area contributed by atoms with E-state index in [1.165, 1.54) is 0 Å². The average molecular weight is 214 g/mol. The lowest BCUT2D eigenvalue weighted by molar-refractivity contribution is -0.152. The van der Waals surface area contributed by atoms with Crippen LogP contribution in [0.4, 0.5) is 0 Å². The number of rotatable bonds is 0. The summed E-state index contributed by atoms with van der Waals surface area (Å²) in [4.78, 5) is 20.7. The Morgan fingerprint density at radius 1 is 1.07 bits per heavy atom. The van der Waals surface area contributed by atoms with Crippen molar-refractivity contribution in [1.29, 1.82) is 0 Å². The molecule has 0 bridgehead atoms. The molecule has 2 rings (SSSR count). The third kappa shape index (κ3) is 5.40. The number of hydrogen-bond donors (Lipinski definition) is 0. The summed E-state index contributed by atoms with van der Waals surface area (Å²) in [6, 6.07) is 0. The molecular weight excluding hydrogens is 196 g/mol. The molecule has 4 heteroatoms. The lowest BCUT2D eigenvalue weighted by atomic mass is 10.1. The number of hydrogen-bond acceptors (Lipinski definition) is 4. The van der Waals surface area contributed by atoms with Gasteiger partial charge in [-0.15, -0.1) is 0 Å². The predicted molar refractivity (Wildman–Crippen MR) is 54.2 cm³/mol. The first kappa shape index (κ1) is 12.0. The van der Waals surface area contributed by atoms with Crippen molar-refractivity contribution in [3.8, 4) is 0 Å². The van der Waals surface area contributed by atoms with Gasteiger partial charge in [-0.3, -0.25) is 9.59 Å². The van der Waals surface area contributed by atoms with Crippen molar-refractivity contribution in [2.75, 3.05) is 6.61 Å². The van der Waals surface area contributed by atoms with Crippen LogP contribution in [0.3, 0.4) is 0 Å². The molecule has 0 radical (unpaired) electrons. The molecule has 1 atom stereocenters. The second kappa shape index (κ2) is 6.43. The molecule has 0 aromatic carbocycles. The van der Waals surface area contributed by atoms with Gasteiger partial charge in [0.25, 0.3) is 0 Å². The van der Waals surface area contributed by atoms with Crippen molar-refractivity contribution in [2.45, 2.75) is 51.6 Å². The van der Waals surface area contributed by atoms with E-state index in [0.29, 0.717) is 19.4 Å². The molecule has 86 valence electrons. The summed E-state index contributed by atoms with van der Waals surface area (Å²) in [5.74, 6) is -0.0741. The van der Waals surface area contributed by atoms with Gasteiger partial charge in [-0.05, 0) is 32.6 Å². The van der Waals surface area contributed by atoms with Crippen LogP contribution in [0.1, 0.15) is 45.4 Å². The Bertz CT molecular complexity index is 217. The molecule has 4 nitrogen and oxygen atoms in total. The summed E-state index contributed by atoms with van der Waals surface area (Å²) in [7, 11) is 0. The summed E-state index contributed by atoms with van der Waals surface area (Å²) in [5, 5.41) is 0. The van der Waals surface area contributed by atoms with Gasteiger partial charge in [0.2, 0.25) is 0 Å². The van der Waals surface area contributed by atoms with Crippen molar-refractivity contribution in [3.63, 3.8) is 0 Å². The first-order valence-electron chi connectivity index (χ1n) is 5.53. The van der Waals surface area contributed by atoms with Gasteiger partial charge in [-0.1, -0.05) is 0 Å². The fourth-order valence-corrected chi connectivity index (χ4v) is 1.51. The third-order valence-electron chi connectivity index (χ3n) is 2.36. The van der Waals surface area contributed by atoms with E-state index in [0.717, 1.165) is 25.7 Å². The Morgan fingerprint density at radius 3 is 2.13 bits per heavy atom. The molecule has 2 aliphatic rings. The van der Waals surface area contributed by atoms with E-state index in [-0.39, 0.29) is 18.0 Å². The van der Waals surface area contributed by atoms with Gasteiger partial charge in [-0.2, -0.15) is 0 Å². The maximum absolute atomic E-state index is 10.5. The van der Waals surface area contributed by atoms with Gasteiger partial charge in [0, 0.05) is 12.8 Å². The van der Waals surface area contributed by atoms with E-state index in [1.807, 2.05) is 6.92 Å². The van der Waals surface area contributed by atoms with E-state index in [4.69, 9.17) is 4.74 Å². The Kier molecular flexibility index (Phi) is 5.15. The molecule has 0 aromatic rings. The van der Waals surface area contributed by atoms with Gasteiger partial charge >= 0.3 is 11.9 Å². The quantitative estimate of drug-likeness (QED) is 0.577. The van der Waals surface area contributed by atoms with Crippen molar-refractivity contribution >= 4 is 11.9 Å². The molecule has 2 fully saturated rings. The zero-order valence-electron chi connectivity index (χ0n) is 9.16. The lowest BCUT2D eigenvalue weighted by Crippen LogP contribution is -2.19. The van der Waals surface area contributed by atoms with E-state index < -0.39 is 0 Å². The fraction of sp³-hybridized carbons (Fsp3) is 0.818. The van der Waals surface area contributed by atoms with Crippen LogP contribution in [0.15, 0.2) is 0 Å². The Balaban J connectivity index is 0.000000151. The van der Waals surface area contributed by atoms with E-state index >= 15 is 0 Å². The van der Waals surface area contributed by atoms with Crippen LogP contribution in [0.2, 0.25) is 0 Å². The highest BCUT2D eigenvalue weighted by atomic mass is 16.5. The van der Waals surface area contributed by atoms with Crippen LogP contribution in [0.5, 0.6) is 0 Å². The number of esters is 2. The van der Waals surface area contributed by atoms with E-state index in [1.54, 1.807) is 0 Å². The summed E-state index contributed by atoms with van der Waals surface area (Å²) >= 11 is 0. The first-order chi connectivity index (χ1) is 7.18. The molecule has 2 aliphatic heterocycles. The fourth-order valence-electron chi connectivity index (χ4n) is 1.51. The van der Waals surface area contributed by atoms with Crippen molar-refractivity contribution in [2.24, 2.45) is 0 Å². The number of carbonyl (C=O) groups is 2. The maximum Gasteiger partial charge on any atom is 0.306 e. The van der Waals surface area contributed by atoms with E-state index in [2.05, 4.69) is 4.74 Å². The highest BCUT2D eigenvalue weighted by Gasteiger charge is 2.14. The Hall–Kier alpha value is -1.06. The van der Waals surface area contributed by atoms with Crippen molar-refractivity contribution < 1.29 is 19.1 Å². The van der Waals surface area contributed by atoms with Crippen molar-refractivity contribution in [1.82, 2.24) is 0 Å². The molecule has 2 saturated heterocycles. The van der Waals surface area contributed by atoms with Crippen molar-refractivity contribution in [3.05, 3.63) is 0 Å². The summed E-state index contributed by atoms with van der Waals surface area (Å²) in [5.41, 5.74) is 0. The lowest BCUT2D eigenvalue weighted by Gasteiger charge is -2.17. The number of cyclic esters (lactones) is 2. The molecule has 1 unspecified atom stereocenters. The normalized spacial score (nSPS) is 25.8. The van der Waals surface area contributed by atoms with Crippen LogP contribution in [0, 0.1) is 0 Å². The second-order valence-electron chi connectivity index (χ2n) is 3.87. The number of carbonyl (C=O) groups excluding carboxylic acids is 2. The minimum Gasteiger partial charge on any atom is -0.466 e. The minimum absolute atomic E-state index is 0.0359. The molecule has 0 saturated carbocycles. The van der Waals surface area contributed by atoms with Gasteiger partial charge in [0.1, 0.15) is 0 Å². The largest absolute Gasteiger partial charge is 0.466 e. The molecule has 0 amide bonds.